The van der Waals surface area contributed by atoms with Crippen LogP contribution in [-0.2, 0) is 0 Å². The molecule has 3 atom stereocenters. The Morgan fingerprint density at radius 2 is 0.759 bits per heavy atom. The van der Waals surface area contributed by atoms with E-state index in [0.717, 1.165) is 0 Å². The molecule has 3 aromatic carbocycles. The van der Waals surface area contributed by atoms with Crippen molar-refractivity contribution in [2.45, 2.75) is 16.6 Å². The minimum Gasteiger partial charge on any atom is -0.0794 e. The SMILES string of the molecule is C1=CC([SiH](C2C=Cc3ccccc32)C2C=Cc3ccccc32)c2ccccc21.[Na]. The van der Waals surface area contributed by atoms with Gasteiger partial charge in [-0.05, 0) is 50.0 Å². The van der Waals surface area contributed by atoms with Crippen LogP contribution in [0.3, 0.4) is 0 Å². The van der Waals surface area contributed by atoms with Crippen LogP contribution in [0.5, 0.6) is 0 Å². The molecule has 1 radical (unpaired) electrons. The maximum atomic E-state index is 2.51. The minimum atomic E-state index is -1.36. The molecule has 0 N–H and O–H groups in total. The Morgan fingerprint density at radius 1 is 0.448 bits per heavy atom. The Morgan fingerprint density at radius 3 is 1.10 bits per heavy atom. The molecule has 0 heterocycles. The zero-order chi connectivity index (χ0) is 18.5. The summed E-state index contributed by atoms with van der Waals surface area (Å²) in [6.07, 6.45) is 14.6. The summed E-state index contributed by atoms with van der Waals surface area (Å²) >= 11 is 0. The van der Waals surface area contributed by atoms with Crippen LogP contribution in [0.1, 0.15) is 50.0 Å². The van der Waals surface area contributed by atoms with Crippen LogP contribution in [0.2, 0.25) is 0 Å². The standard InChI is InChI=1S/C27H22Si.Na/c1-4-10-22-19(7-1)13-16-25(22)28(26-17-14-20-8-2-5-11-23(20)26)27-18-15-21-9-3-6-12-24(21)27;/h1-18,25-28H;. The van der Waals surface area contributed by atoms with E-state index in [1.807, 2.05) is 0 Å². The van der Waals surface area contributed by atoms with Gasteiger partial charge in [-0.3, -0.25) is 0 Å². The minimum absolute atomic E-state index is 0. The molecule has 2 heteroatoms. The van der Waals surface area contributed by atoms with Crippen LogP contribution in [0, 0.1) is 0 Å². The maximum Gasteiger partial charge on any atom is 0.0743 e. The molecule has 0 aliphatic heterocycles. The number of allylic oxidation sites excluding steroid dienone is 3. The van der Waals surface area contributed by atoms with Gasteiger partial charge in [0.2, 0.25) is 0 Å². The number of rotatable bonds is 3. The van der Waals surface area contributed by atoms with E-state index in [9.17, 15) is 0 Å². The largest absolute Gasteiger partial charge is 0.0794 e. The van der Waals surface area contributed by atoms with Crippen molar-refractivity contribution in [1.82, 2.24) is 0 Å². The fourth-order valence-corrected chi connectivity index (χ4v) is 10.1. The molecule has 3 unspecified atom stereocenters. The van der Waals surface area contributed by atoms with Crippen molar-refractivity contribution in [3.05, 3.63) is 124 Å². The molecule has 3 aliphatic rings. The molecule has 6 rings (SSSR count). The first-order valence-electron chi connectivity index (χ1n) is 10.2. The summed E-state index contributed by atoms with van der Waals surface area (Å²) in [6.45, 7) is 0. The number of fused-ring (bicyclic) bond motifs is 3. The van der Waals surface area contributed by atoms with E-state index >= 15 is 0 Å². The summed E-state index contributed by atoms with van der Waals surface area (Å²) in [6, 6.07) is 27.0. The van der Waals surface area contributed by atoms with E-state index in [0.29, 0.717) is 16.6 Å². The molecule has 0 aromatic heterocycles. The third-order valence-electron chi connectivity index (χ3n) is 6.76. The van der Waals surface area contributed by atoms with Crippen molar-refractivity contribution in [3.8, 4) is 0 Å². The number of benzene rings is 3. The van der Waals surface area contributed by atoms with Crippen LogP contribution in [0.25, 0.3) is 18.2 Å². The Bertz CT molecular complexity index is 1010. The molecule has 0 amide bonds. The third-order valence-corrected chi connectivity index (χ3v) is 11.0. The van der Waals surface area contributed by atoms with Gasteiger partial charge >= 0.3 is 0 Å². The van der Waals surface area contributed by atoms with Gasteiger partial charge in [0.25, 0.3) is 0 Å². The van der Waals surface area contributed by atoms with Gasteiger partial charge in [0, 0.05) is 29.6 Å². The molecule has 0 fully saturated rings. The average molecular weight is 398 g/mol. The average Bonchev–Trinajstić information content (AvgIpc) is 3.47. The molecule has 0 saturated heterocycles. The molecule has 0 bridgehead atoms. The van der Waals surface area contributed by atoms with E-state index in [4.69, 9.17) is 0 Å². The Kier molecular flexibility index (Phi) is 5.09. The van der Waals surface area contributed by atoms with Crippen LogP contribution < -0.4 is 0 Å². The third kappa shape index (κ3) is 3.08. The van der Waals surface area contributed by atoms with Crippen molar-refractivity contribution in [2.75, 3.05) is 0 Å². The molecular weight excluding hydrogens is 375 g/mol. The van der Waals surface area contributed by atoms with E-state index in [2.05, 4.69) is 109 Å². The Hall–Kier alpha value is -1.90. The molecular formula is C27H22NaSi. The fourth-order valence-electron chi connectivity index (χ4n) is 5.51. The quantitative estimate of drug-likeness (QED) is 0.484. The monoisotopic (exact) mass is 397 g/mol. The summed E-state index contributed by atoms with van der Waals surface area (Å²) in [5.41, 5.74) is 10.6. The van der Waals surface area contributed by atoms with Gasteiger partial charge in [-0.1, -0.05) is 109 Å². The van der Waals surface area contributed by atoms with E-state index in [1.54, 1.807) is 0 Å². The van der Waals surface area contributed by atoms with Crippen LogP contribution >= 0.6 is 0 Å². The van der Waals surface area contributed by atoms with Crippen molar-refractivity contribution >= 4 is 56.6 Å². The van der Waals surface area contributed by atoms with Crippen LogP contribution in [-0.4, -0.2) is 38.4 Å². The second kappa shape index (κ2) is 7.74. The summed E-state index contributed by atoms with van der Waals surface area (Å²) in [7, 11) is -1.36. The molecule has 0 nitrogen and oxygen atoms in total. The first kappa shape index (κ1) is 19.1. The molecule has 29 heavy (non-hydrogen) atoms. The van der Waals surface area contributed by atoms with Crippen molar-refractivity contribution < 1.29 is 0 Å². The van der Waals surface area contributed by atoms with Gasteiger partial charge in [-0.25, -0.2) is 0 Å². The zero-order valence-corrected chi connectivity index (χ0v) is 19.9. The second-order valence-corrected chi connectivity index (χ2v) is 11.4. The molecule has 0 spiro atoms. The molecule has 0 saturated carbocycles. The van der Waals surface area contributed by atoms with Crippen LogP contribution in [0.4, 0.5) is 0 Å². The van der Waals surface area contributed by atoms with E-state index in [1.165, 1.54) is 33.4 Å². The van der Waals surface area contributed by atoms with Gasteiger partial charge in [-0.15, -0.1) is 0 Å². The summed E-state index contributed by atoms with van der Waals surface area (Å²) in [4.78, 5) is 0. The first-order chi connectivity index (χ1) is 13.9. The molecule has 135 valence electrons. The van der Waals surface area contributed by atoms with Crippen molar-refractivity contribution in [1.29, 1.82) is 0 Å². The molecule has 3 aromatic rings. The summed E-state index contributed by atoms with van der Waals surface area (Å²) in [5, 5.41) is 0. The maximum absolute atomic E-state index is 2.51. The van der Waals surface area contributed by atoms with Gasteiger partial charge in [0.1, 0.15) is 0 Å². The van der Waals surface area contributed by atoms with E-state index < -0.39 is 8.80 Å². The van der Waals surface area contributed by atoms with Gasteiger partial charge in [-0.2, -0.15) is 0 Å². The van der Waals surface area contributed by atoms with Gasteiger partial charge < -0.3 is 0 Å². The van der Waals surface area contributed by atoms with Crippen molar-refractivity contribution in [2.24, 2.45) is 0 Å². The van der Waals surface area contributed by atoms with Gasteiger partial charge in [0.05, 0.1) is 8.80 Å². The Labute approximate surface area is 196 Å². The zero-order valence-electron chi connectivity index (χ0n) is 16.7. The number of hydrogen-bond donors (Lipinski definition) is 0. The Balaban J connectivity index is 0.00000181. The predicted molar refractivity (Wildman–Crippen MR) is 128 cm³/mol. The summed E-state index contributed by atoms with van der Waals surface area (Å²) < 4.78 is 0. The topological polar surface area (TPSA) is 0 Å². The normalized spacial score (nSPS) is 23.4. The van der Waals surface area contributed by atoms with E-state index in [-0.39, 0.29) is 29.6 Å². The fraction of sp³-hybridized carbons (Fsp3) is 0.111. The first-order valence-corrected chi connectivity index (χ1v) is 12.2. The molecule has 3 aliphatic carbocycles. The second-order valence-electron chi connectivity index (χ2n) is 8.12. The van der Waals surface area contributed by atoms with Crippen molar-refractivity contribution in [3.63, 3.8) is 0 Å². The predicted octanol–water partition coefficient (Wildman–Crippen LogP) is 5.88. The number of hydrogen-bond acceptors (Lipinski definition) is 0. The summed E-state index contributed by atoms with van der Waals surface area (Å²) in [5.74, 6) is 0. The van der Waals surface area contributed by atoms with Gasteiger partial charge in [0.15, 0.2) is 0 Å². The van der Waals surface area contributed by atoms with Crippen LogP contribution in [0.15, 0.2) is 91.0 Å². The smallest absolute Gasteiger partial charge is 0.0743 e.